The quantitative estimate of drug-likeness (QED) is 0.0172. The topological polar surface area (TPSA) is 214 Å². The summed E-state index contributed by atoms with van der Waals surface area (Å²) in [6.45, 7) is 3.63. The van der Waals surface area contributed by atoms with E-state index in [0.717, 1.165) is 64.2 Å². The molecule has 0 bridgehead atoms. The average molecular weight is 997 g/mol. The Kier molecular flexibility index (Phi) is 39.7. The van der Waals surface area contributed by atoms with Crippen LogP contribution in [-0.2, 0) is 33.2 Å². The van der Waals surface area contributed by atoms with Crippen LogP contribution in [0, 0.1) is 0 Å². The molecule has 0 spiro atoms. The highest BCUT2D eigenvalue weighted by Crippen LogP contribution is 2.26. The lowest BCUT2D eigenvalue weighted by atomic mass is 9.98. The first-order chi connectivity index (χ1) is 34.1. The SMILES string of the molecule is CCCCC/C=C\C/C=C\CCCCCCCCCC(=O)OC(COCCCCCCCCCC/C=C\C/C=C\CCCCCC)COC1OC(COC2OC(CO)C(O)C(O)C2O)C(O)C(O)C1O. The monoisotopic (exact) mass is 997 g/mol. The van der Waals surface area contributed by atoms with Gasteiger partial charge in [0.1, 0.15) is 54.9 Å². The van der Waals surface area contributed by atoms with Crippen molar-refractivity contribution in [2.45, 2.75) is 268 Å². The van der Waals surface area contributed by atoms with Crippen molar-refractivity contribution in [3.05, 3.63) is 48.6 Å². The van der Waals surface area contributed by atoms with Gasteiger partial charge in [0.25, 0.3) is 0 Å². The van der Waals surface area contributed by atoms with Gasteiger partial charge in [-0.25, -0.2) is 0 Å². The fraction of sp³-hybridized carbons (Fsp3) is 0.839. The molecule has 7 N–H and O–H groups in total. The van der Waals surface area contributed by atoms with Crippen molar-refractivity contribution in [2.75, 3.05) is 33.0 Å². The van der Waals surface area contributed by atoms with Crippen LogP contribution in [0.15, 0.2) is 48.6 Å². The summed E-state index contributed by atoms with van der Waals surface area (Å²) in [6, 6.07) is 0. The molecule has 0 saturated carbocycles. The first kappa shape index (κ1) is 64.1. The average Bonchev–Trinajstić information content (AvgIpc) is 3.36. The van der Waals surface area contributed by atoms with Crippen LogP contribution in [0.1, 0.15) is 200 Å². The van der Waals surface area contributed by atoms with Crippen LogP contribution in [0.25, 0.3) is 0 Å². The summed E-state index contributed by atoms with van der Waals surface area (Å²) in [5.74, 6) is -0.386. The molecule has 0 aliphatic carbocycles. The van der Waals surface area contributed by atoms with Crippen LogP contribution < -0.4 is 0 Å². The Balaban J connectivity index is 1.75. The Labute approximate surface area is 422 Å². The minimum absolute atomic E-state index is 0.0537. The first-order valence-electron chi connectivity index (χ1n) is 27.7. The van der Waals surface area contributed by atoms with E-state index >= 15 is 0 Å². The summed E-state index contributed by atoms with van der Waals surface area (Å²) < 4.78 is 34.3. The molecule has 11 unspecified atom stereocenters. The molecule has 14 heteroatoms. The predicted molar refractivity (Wildman–Crippen MR) is 275 cm³/mol. The largest absolute Gasteiger partial charge is 0.457 e. The maximum Gasteiger partial charge on any atom is 0.306 e. The summed E-state index contributed by atoms with van der Waals surface area (Å²) in [4.78, 5) is 13.0. The van der Waals surface area contributed by atoms with Gasteiger partial charge in [-0.2, -0.15) is 0 Å². The van der Waals surface area contributed by atoms with Crippen molar-refractivity contribution >= 4 is 5.97 Å². The number of aliphatic hydroxyl groups excluding tert-OH is 7. The maximum atomic E-state index is 13.0. The maximum absolute atomic E-state index is 13.0. The van der Waals surface area contributed by atoms with Crippen molar-refractivity contribution in [1.82, 2.24) is 0 Å². The Morgan fingerprint density at radius 1 is 0.471 bits per heavy atom. The Hall–Kier alpha value is -2.05. The zero-order valence-corrected chi connectivity index (χ0v) is 43.5. The van der Waals surface area contributed by atoms with Crippen molar-refractivity contribution < 1.29 is 69.0 Å². The van der Waals surface area contributed by atoms with E-state index in [2.05, 4.69) is 62.5 Å². The summed E-state index contributed by atoms with van der Waals surface area (Å²) in [6.07, 6.45) is 34.5. The van der Waals surface area contributed by atoms with Gasteiger partial charge in [0, 0.05) is 13.0 Å². The number of hydrogen-bond donors (Lipinski definition) is 7. The van der Waals surface area contributed by atoms with E-state index in [1.807, 2.05) is 0 Å². The zero-order valence-electron chi connectivity index (χ0n) is 43.5. The molecule has 2 saturated heterocycles. The van der Waals surface area contributed by atoms with Gasteiger partial charge in [-0.15, -0.1) is 0 Å². The molecule has 2 fully saturated rings. The van der Waals surface area contributed by atoms with E-state index in [-0.39, 0.29) is 25.6 Å². The van der Waals surface area contributed by atoms with Crippen LogP contribution in [0.4, 0.5) is 0 Å². The number of allylic oxidation sites excluding steroid dienone is 8. The molecule has 70 heavy (non-hydrogen) atoms. The van der Waals surface area contributed by atoms with Gasteiger partial charge in [-0.1, -0.05) is 165 Å². The summed E-state index contributed by atoms with van der Waals surface area (Å²) >= 11 is 0. The number of hydrogen-bond acceptors (Lipinski definition) is 14. The molecule has 2 rings (SSSR count). The molecular formula is C56H100O14. The fourth-order valence-corrected chi connectivity index (χ4v) is 8.52. The summed E-state index contributed by atoms with van der Waals surface area (Å²) in [5.41, 5.74) is 0. The van der Waals surface area contributed by atoms with Gasteiger partial charge in [0.05, 0.1) is 26.4 Å². The number of carbonyl (C=O) groups is 1. The summed E-state index contributed by atoms with van der Waals surface area (Å²) in [7, 11) is 0. The van der Waals surface area contributed by atoms with Gasteiger partial charge < -0.3 is 64.2 Å². The molecule has 2 aliphatic heterocycles. The van der Waals surface area contributed by atoms with Crippen molar-refractivity contribution in [3.63, 3.8) is 0 Å². The standard InChI is InChI=1S/C56H100O14/c1-3-5-7-9-11-13-15-17-19-21-22-24-26-28-30-32-34-36-38-40-65-42-45(68-48(58)39-37-35-33-31-29-27-25-23-20-18-16-14-12-10-8-6-4-2)43-66-55-54(64)52(62)50(60)47(70-55)44-67-56-53(63)51(61)49(59)46(41-57)69-56/h12-15,18-21,45-47,49-57,59-64H,3-11,16-17,22-44H2,1-2H3/b14-12-,15-13-,20-18-,21-19-. The number of aliphatic hydroxyl groups is 7. The van der Waals surface area contributed by atoms with Crippen LogP contribution in [-0.4, -0.2) is 142 Å². The number of unbranched alkanes of at least 4 members (excludes halogenated alkanes) is 22. The van der Waals surface area contributed by atoms with Crippen molar-refractivity contribution in [1.29, 1.82) is 0 Å². The highest BCUT2D eigenvalue weighted by Gasteiger charge is 2.47. The molecule has 0 aromatic carbocycles. The van der Waals surface area contributed by atoms with E-state index in [0.29, 0.717) is 13.0 Å². The minimum atomic E-state index is -1.71. The van der Waals surface area contributed by atoms with Gasteiger partial charge in [0.15, 0.2) is 12.6 Å². The second kappa shape index (κ2) is 43.4. The molecule has 0 aromatic rings. The summed E-state index contributed by atoms with van der Waals surface area (Å²) in [5, 5.41) is 72.2. The fourth-order valence-electron chi connectivity index (χ4n) is 8.52. The number of ether oxygens (including phenoxy) is 6. The third-order valence-corrected chi connectivity index (χ3v) is 13.1. The van der Waals surface area contributed by atoms with E-state index < -0.39 is 80.7 Å². The second-order valence-corrected chi connectivity index (χ2v) is 19.4. The number of esters is 1. The van der Waals surface area contributed by atoms with E-state index in [1.54, 1.807) is 0 Å². The lowest BCUT2D eigenvalue weighted by Gasteiger charge is -2.42. The first-order valence-corrected chi connectivity index (χ1v) is 27.7. The lowest BCUT2D eigenvalue weighted by molar-refractivity contribution is -0.332. The van der Waals surface area contributed by atoms with Crippen LogP contribution in [0.2, 0.25) is 0 Å². The van der Waals surface area contributed by atoms with Gasteiger partial charge in [-0.3, -0.25) is 4.79 Å². The van der Waals surface area contributed by atoms with Crippen molar-refractivity contribution in [2.24, 2.45) is 0 Å². The molecule has 2 heterocycles. The van der Waals surface area contributed by atoms with Crippen LogP contribution in [0.5, 0.6) is 0 Å². The molecule has 0 amide bonds. The number of rotatable bonds is 44. The molecule has 0 radical (unpaired) electrons. The molecular weight excluding hydrogens is 897 g/mol. The molecule has 2 aliphatic rings. The molecule has 0 aromatic heterocycles. The van der Waals surface area contributed by atoms with E-state index in [1.165, 1.54) is 109 Å². The van der Waals surface area contributed by atoms with Gasteiger partial charge in [0.2, 0.25) is 0 Å². The molecule has 11 atom stereocenters. The van der Waals surface area contributed by atoms with Gasteiger partial charge in [-0.05, 0) is 77.0 Å². The normalized spacial score (nSPS) is 25.8. The molecule has 408 valence electrons. The Morgan fingerprint density at radius 3 is 1.40 bits per heavy atom. The van der Waals surface area contributed by atoms with Crippen LogP contribution >= 0.6 is 0 Å². The third kappa shape index (κ3) is 30.2. The predicted octanol–water partition coefficient (Wildman–Crippen LogP) is 9.13. The van der Waals surface area contributed by atoms with E-state index in [4.69, 9.17) is 28.4 Å². The Morgan fingerprint density at radius 2 is 0.886 bits per heavy atom. The van der Waals surface area contributed by atoms with Gasteiger partial charge >= 0.3 is 5.97 Å². The van der Waals surface area contributed by atoms with Crippen LogP contribution in [0.3, 0.4) is 0 Å². The zero-order chi connectivity index (χ0) is 50.9. The number of carbonyl (C=O) groups excluding carboxylic acids is 1. The van der Waals surface area contributed by atoms with Crippen molar-refractivity contribution in [3.8, 4) is 0 Å². The smallest absolute Gasteiger partial charge is 0.306 e. The minimum Gasteiger partial charge on any atom is -0.457 e. The molecule has 14 nitrogen and oxygen atoms in total. The Bertz CT molecular complexity index is 1340. The highest BCUT2D eigenvalue weighted by atomic mass is 16.7. The highest BCUT2D eigenvalue weighted by molar-refractivity contribution is 5.69. The third-order valence-electron chi connectivity index (χ3n) is 13.1. The lowest BCUT2D eigenvalue weighted by Crippen LogP contribution is -2.61. The second-order valence-electron chi connectivity index (χ2n) is 19.4. The van der Waals surface area contributed by atoms with E-state index in [9.17, 15) is 40.5 Å².